The summed E-state index contributed by atoms with van der Waals surface area (Å²) in [5, 5.41) is 13.4. The molecule has 23 heavy (non-hydrogen) atoms. The van der Waals surface area contributed by atoms with Crippen molar-refractivity contribution in [2.24, 2.45) is 0 Å². The van der Waals surface area contributed by atoms with Crippen LogP contribution in [0.25, 0.3) is 0 Å². The zero-order valence-corrected chi connectivity index (χ0v) is 12.3. The Balaban J connectivity index is 1.99. The van der Waals surface area contributed by atoms with E-state index in [0.29, 0.717) is 5.69 Å². The Morgan fingerprint density at radius 1 is 1.13 bits per heavy atom. The van der Waals surface area contributed by atoms with E-state index in [1.165, 1.54) is 25.1 Å². The first-order valence-electron chi connectivity index (χ1n) is 6.75. The summed E-state index contributed by atoms with van der Waals surface area (Å²) >= 11 is 0. The minimum Gasteiger partial charge on any atom is -0.452 e. The zero-order valence-electron chi connectivity index (χ0n) is 12.3. The number of para-hydroxylation sites is 1. The van der Waals surface area contributed by atoms with Crippen LogP contribution in [0.5, 0.6) is 0 Å². The molecule has 2 aromatic rings. The third kappa shape index (κ3) is 4.13. The van der Waals surface area contributed by atoms with E-state index in [2.05, 4.69) is 5.32 Å². The number of nitrogens with one attached hydrogen (secondary N) is 1. The molecule has 2 aromatic carbocycles. The minimum atomic E-state index is -0.783. The summed E-state index contributed by atoms with van der Waals surface area (Å²) < 4.78 is 4.90. The average Bonchev–Trinajstić information content (AvgIpc) is 2.53. The van der Waals surface area contributed by atoms with Crippen LogP contribution in [0.4, 0.5) is 11.4 Å². The Hall–Kier alpha value is -3.22. The molecule has 118 valence electrons. The van der Waals surface area contributed by atoms with Gasteiger partial charge in [0.25, 0.3) is 11.6 Å². The Bertz CT molecular complexity index is 743. The maximum absolute atomic E-state index is 12.0. The van der Waals surface area contributed by atoms with Crippen molar-refractivity contribution in [1.29, 1.82) is 0 Å². The predicted octanol–water partition coefficient (Wildman–Crippen LogP) is 2.70. The second-order valence-electron chi connectivity index (χ2n) is 4.70. The van der Waals surface area contributed by atoms with Crippen molar-refractivity contribution >= 4 is 23.3 Å². The van der Waals surface area contributed by atoms with Crippen LogP contribution in [0.3, 0.4) is 0 Å². The molecule has 0 heterocycles. The smallest absolute Gasteiger partial charge is 0.339 e. The van der Waals surface area contributed by atoms with Gasteiger partial charge in [-0.05, 0) is 25.1 Å². The molecule has 7 nitrogen and oxygen atoms in total. The van der Waals surface area contributed by atoms with Crippen molar-refractivity contribution in [2.45, 2.75) is 6.92 Å². The number of rotatable bonds is 5. The van der Waals surface area contributed by atoms with Crippen molar-refractivity contribution in [3.8, 4) is 0 Å². The van der Waals surface area contributed by atoms with Gasteiger partial charge in [-0.15, -0.1) is 0 Å². The summed E-state index contributed by atoms with van der Waals surface area (Å²) in [4.78, 5) is 34.0. The molecule has 1 amide bonds. The first-order chi connectivity index (χ1) is 11.0. The molecular weight excluding hydrogens is 300 g/mol. The lowest BCUT2D eigenvalue weighted by atomic mass is 10.1. The zero-order chi connectivity index (χ0) is 16.8. The maximum atomic E-state index is 12.0. The molecular formula is C16H14N2O5. The van der Waals surface area contributed by atoms with E-state index < -0.39 is 23.4 Å². The van der Waals surface area contributed by atoms with Crippen LogP contribution >= 0.6 is 0 Å². The number of benzene rings is 2. The minimum absolute atomic E-state index is 0.0618. The standard InChI is InChI=1S/C16H14N2O5/c1-11-13(8-5-9-14(11)18(21)22)16(20)23-10-15(19)17-12-6-3-2-4-7-12/h2-9H,10H2,1H3,(H,17,19). The highest BCUT2D eigenvalue weighted by atomic mass is 16.6. The van der Waals surface area contributed by atoms with Gasteiger partial charge in [-0.2, -0.15) is 0 Å². The molecule has 2 rings (SSSR count). The fourth-order valence-corrected chi connectivity index (χ4v) is 1.97. The van der Waals surface area contributed by atoms with Crippen molar-refractivity contribution in [2.75, 3.05) is 11.9 Å². The molecule has 0 spiro atoms. The number of amides is 1. The third-order valence-electron chi connectivity index (χ3n) is 3.11. The van der Waals surface area contributed by atoms with Crippen LogP contribution in [-0.2, 0) is 9.53 Å². The quantitative estimate of drug-likeness (QED) is 0.519. The Morgan fingerprint density at radius 3 is 2.48 bits per heavy atom. The van der Waals surface area contributed by atoms with Gasteiger partial charge >= 0.3 is 5.97 Å². The second-order valence-corrected chi connectivity index (χ2v) is 4.70. The van der Waals surface area contributed by atoms with Crippen molar-refractivity contribution in [3.63, 3.8) is 0 Å². The van der Waals surface area contributed by atoms with E-state index in [0.717, 1.165) is 0 Å². The highest BCUT2D eigenvalue weighted by molar-refractivity contribution is 5.96. The SMILES string of the molecule is Cc1c(C(=O)OCC(=O)Nc2ccccc2)cccc1[N+](=O)[O-]. The van der Waals surface area contributed by atoms with Crippen LogP contribution in [0, 0.1) is 17.0 Å². The fraction of sp³-hybridized carbons (Fsp3) is 0.125. The van der Waals surface area contributed by atoms with Crippen LogP contribution in [0.2, 0.25) is 0 Å². The van der Waals surface area contributed by atoms with E-state index >= 15 is 0 Å². The molecule has 0 aliphatic rings. The van der Waals surface area contributed by atoms with Gasteiger partial charge in [0.05, 0.1) is 10.5 Å². The molecule has 0 aliphatic heterocycles. The maximum Gasteiger partial charge on any atom is 0.339 e. The van der Waals surface area contributed by atoms with E-state index in [4.69, 9.17) is 4.74 Å². The molecule has 0 unspecified atom stereocenters. The number of nitrogens with zero attached hydrogens (tertiary/aromatic N) is 1. The molecule has 0 fully saturated rings. The molecule has 0 aromatic heterocycles. The van der Waals surface area contributed by atoms with Gasteiger partial charge in [-0.1, -0.05) is 24.3 Å². The average molecular weight is 314 g/mol. The van der Waals surface area contributed by atoms with Gasteiger partial charge in [0.2, 0.25) is 0 Å². The normalized spacial score (nSPS) is 9.96. The van der Waals surface area contributed by atoms with Crippen LogP contribution in [-0.4, -0.2) is 23.4 Å². The second kappa shape index (κ2) is 7.17. The molecule has 0 saturated heterocycles. The Labute approximate surface area is 132 Å². The lowest BCUT2D eigenvalue weighted by Gasteiger charge is -2.08. The Kier molecular flexibility index (Phi) is 5.03. The summed E-state index contributed by atoms with van der Waals surface area (Å²) in [5.74, 6) is -1.28. The summed E-state index contributed by atoms with van der Waals surface area (Å²) in [6.07, 6.45) is 0. The predicted molar refractivity (Wildman–Crippen MR) is 83.2 cm³/mol. The van der Waals surface area contributed by atoms with Gasteiger partial charge < -0.3 is 10.1 Å². The van der Waals surface area contributed by atoms with Crippen molar-refractivity contribution < 1.29 is 19.2 Å². The Morgan fingerprint density at radius 2 is 1.83 bits per heavy atom. The number of anilines is 1. The number of hydrogen-bond donors (Lipinski definition) is 1. The van der Waals surface area contributed by atoms with Gasteiger partial charge in [-0.3, -0.25) is 14.9 Å². The summed E-state index contributed by atoms with van der Waals surface area (Å²) in [7, 11) is 0. The number of nitro groups is 1. The number of hydrogen-bond acceptors (Lipinski definition) is 5. The van der Waals surface area contributed by atoms with E-state index in [1.54, 1.807) is 30.3 Å². The highest BCUT2D eigenvalue weighted by Crippen LogP contribution is 2.21. The first-order valence-corrected chi connectivity index (χ1v) is 6.75. The monoisotopic (exact) mass is 314 g/mol. The topological polar surface area (TPSA) is 98.5 Å². The van der Waals surface area contributed by atoms with E-state index in [1.807, 2.05) is 0 Å². The molecule has 0 saturated carbocycles. The summed E-state index contributed by atoms with van der Waals surface area (Å²) in [6.45, 7) is 0.981. The number of nitro benzene ring substituents is 1. The van der Waals surface area contributed by atoms with Crippen LogP contribution in [0.15, 0.2) is 48.5 Å². The number of esters is 1. The fourth-order valence-electron chi connectivity index (χ4n) is 1.97. The number of carbonyl (C=O) groups excluding carboxylic acids is 2. The lowest BCUT2D eigenvalue weighted by Crippen LogP contribution is -2.21. The van der Waals surface area contributed by atoms with Gasteiger partial charge in [0, 0.05) is 17.3 Å². The number of carbonyl (C=O) groups is 2. The number of ether oxygens (including phenoxy) is 1. The molecule has 0 aliphatic carbocycles. The van der Waals surface area contributed by atoms with Crippen LogP contribution in [0.1, 0.15) is 15.9 Å². The molecule has 1 N–H and O–H groups in total. The van der Waals surface area contributed by atoms with Crippen molar-refractivity contribution in [1.82, 2.24) is 0 Å². The molecule has 0 radical (unpaired) electrons. The third-order valence-corrected chi connectivity index (χ3v) is 3.11. The molecule has 0 atom stereocenters. The molecule has 7 heteroatoms. The van der Waals surface area contributed by atoms with Crippen LogP contribution < -0.4 is 5.32 Å². The highest BCUT2D eigenvalue weighted by Gasteiger charge is 2.19. The largest absolute Gasteiger partial charge is 0.452 e. The summed E-state index contributed by atoms with van der Waals surface area (Å²) in [6, 6.07) is 12.8. The van der Waals surface area contributed by atoms with E-state index in [-0.39, 0.29) is 16.8 Å². The van der Waals surface area contributed by atoms with E-state index in [9.17, 15) is 19.7 Å². The van der Waals surface area contributed by atoms with Gasteiger partial charge in [0.1, 0.15) is 0 Å². The molecule has 0 bridgehead atoms. The van der Waals surface area contributed by atoms with Gasteiger partial charge in [0.15, 0.2) is 6.61 Å². The van der Waals surface area contributed by atoms with Gasteiger partial charge in [-0.25, -0.2) is 4.79 Å². The van der Waals surface area contributed by atoms with Crippen molar-refractivity contribution in [3.05, 3.63) is 69.8 Å². The first kappa shape index (κ1) is 16.2. The lowest BCUT2D eigenvalue weighted by molar-refractivity contribution is -0.385. The summed E-state index contributed by atoms with van der Waals surface area (Å²) in [5.41, 5.74) is 0.672.